The van der Waals surface area contributed by atoms with E-state index in [4.69, 9.17) is 16.0 Å². The van der Waals surface area contributed by atoms with Crippen molar-refractivity contribution < 1.29 is 18.7 Å². The Balaban J connectivity index is 1.53. The van der Waals surface area contributed by atoms with Crippen LogP contribution < -0.4 is 5.32 Å². The first-order valence-electron chi connectivity index (χ1n) is 9.72. The standard InChI is InChI=1S/C21H19ClFN3O3/c22-21-25-18(14-9-12-3-1-2-4-13(12)29-14)16(23)19(26-21)24-17-11-7-5-10(6-8-11)15(17)20(27)28/h1-4,9-11,15,17H,5-8H2,(H,27,28)(H,24,25,26). The molecule has 3 aliphatic rings. The van der Waals surface area contributed by atoms with Crippen molar-refractivity contribution in [3.8, 4) is 11.5 Å². The van der Waals surface area contributed by atoms with E-state index >= 15 is 4.39 Å². The first-order valence-corrected chi connectivity index (χ1v) is 10.1. The molecule has 6 rings (SSSR count). The molecule has 0 saturated heterocycles. The number of anilines is 1. The third-order valence-electron chi connectivity index (χ3n) is 6.29. The lowest BCUT2D eigenvalue weighted by Gasteiger charge is -2.47. The summed E-state index contributed by atoms with van der Waals surface area (Å²) in [5.41, 5.74) is 0.568. The molecular weight excluding hydrogens is 397 g/mol. The second-order valence-electron chi connectivity index (χ2n) is 7.86. The van der Waals surface area contributed by atoms with Crippen molar-refractivity contribution in [3.05, 3.63) is 41.4 Å². The van der Waals surface area contributed by atoms with Gasteiger partial charge in [0.15, 0.2) is 17.4 Å². The van der Waals surface area contributed by atoms with Gasteiger partial charge in [-0.2, -0.15) is 4.98 Å². The molecule has 0 amide bonds. The summed E-state index contributed by atoms with van der Waals surface area (Å²) in [6, 6.07) is 8.65. The van der Waals surface area contributed by atoms with Gasteiger partial charge in [0, 0.05) is 11.4 Å². The third-order valence-corrected chi connectivity index (χ3v) is 6.46. The highest BCUT2D eigenvalue weighted by Crippen LogP contribution is 2.46. The molecule has 2 N–H and O–H groups in total. The summed E-state index contributed by atoms with van der Waals surface area (Å²) in [5.74, 6) is -1.67. The second-order valence-corrected chi connectivity index (χ2v) is 8.20. The smallest absolute Gasteiger partial charge is 0.308 e. The zero-order valence-electron chi connectivity index (χ0n) is 15.4. The number of para-hydroxylation sites is 1. The molecule has 3 saturated carbocycles. The number of hydrogen-bond donors (Lipinski definition) is 2. The van der Waals surface area contributed by atoms with E-state index in [0.717, 1.165) is 31.1 Å². The first kappa shape index (κ1) is 18.4. The monoisotopic (exact) mass is 415 g/mol. The first-order chi connectivity index (χ1) is 14.0. The van der Waals surface area contributed by atoms with E-state index in [9.17, 15) is 9.90 Å². The van der Waals surface area contributed by atoms with Gasteiger partial charge in [-0.05, 0) is 61.3 Å². The number of rotatable bonds is 4. The third kappa shape index (κ3) is 3.13. The number of carboxylic acids is 1. The Morgan fingerprint density at radius 1 is 1.17 bits per heavy atom. The van der Waals surface area contributed by atoms with Crippen LogP contribution in [0.3, 0.4) is 0 Å². The quantitative estimate of drug-likeness (QED) is 0.584. The summed E-state index contributed by atoms with van der Waals surface area (Å²) in [6.45, 7) is 0. The lowest BCUT2D eigenvalue weighted by molar-refractivity contribution is -0.148. The number of carbonyl (C=O) groups is 1. The van der Waals surface area contributed by atoms with Crippen LogP contribution in [0, 0.1) is 23.6 Å². The highest BCUT2D eigenvalue weighted by Gasteiger charge is 2.47. The summed E-state index contributed by atoms with van der Waals surface area (Å²) < 4.78 is 21.1. The van der Waals surface area contributed by atoms with Crippen molar-refractivity contribution in [1.82, 2.24) is 9.97 Å². The predicted molar refractivity (Wildman–Crippen MR) is 106 cm³/mol. The van der Waals surface area contributed by atoms with Gasteiger partial charge in [0.25, 0.3) is 0 Å². The number of halogens is 2. The second kappa shape index (κ2) is 6.99. The molecule has 2 heterocycles. The van der Waals surface area contributed by atoms with Crippen molar-refractivity contribution >= 4 is 34.4 Å². The Bertz CT molecular complexity index is 1060. The zero-order valence-corrected chi connectivity index (χ0v) is 16.2. The maximum Gasteiger partial charge on any atom is 0.308 e. The van der Waals surface area contributed by atoms with Crippen molar-refractivity contribution in [2.24, 2.45) is 17.8 Å². The number of furan rings is 1. The lowest BCUT2D eigenvalue weighted by atomic mass is 9.61. The molecule has 1 aromatic carbocycles. The average Bonchev–Trinajstić information content (AvgIpc) is 3.15. The Kier molecular flexibility index (Phi) is 4.42. The summed E-state index contributed by atoms with van der Waals surface area (Å²) in [6.07, 6.45) is 3.67. The van der Waals surface area contributed by atoms with Gasteiger partial charge in [-0.25, -0.2) is 9.37 Å². The number of hydrogen-bond acceptors (Lipinski definition) is 5. The van der Waals surface area contributed by atoms with Crippen LogP contribution in [0.2, 0.25) is 5.28 Å². The number of nitrogens with one attached hydrogen (secondary N) is 1. The SMILES string of the molecule is O=C(O)C1C2CCC(CC2)C1Nc1nc(Cl)nc(-c2cc3ccccc3o2)c1F. The predicted octanol–water partition coefficient (Wildman–Crippen LogP) is 4.98. The number of fused-ring (bicyclic) bond motifs is 4. The van der Waals surface area contributed by atoms with E-state index < -0.39 is 17.7 Å². The topological polar surface area (TPSA) is 88.2 Å². The highest BCUT2D eigenvalue weighted by atomic mass is 35.5. The number of benzene rings is 1. The maximum atomic E-state index is 15.3. The van der Waals surface area contributed by atoms with Crippen molar-refractivity contribution in [2.45, 2.75) is 31.7 Å². The fourth-order valence-corrected chi connectivity index (χ4v) is 5.12. The molecule has 2 unspecified atom stereocenters. The molecule has 2 atom stereocenters. The van der Waals surface area contributed by atoms with Crippen LogP contribution in [-0.4, -0.2) is 27.1 Å². The van der Waals surface area contributed by atoms with E-state index in [1.807, 2.05) is 18.2 Å². The number of aliphatic carboxylic acids is 1. The Hall–Kier alpha value is -2.67. The van der Waals surface area contributed by atoms with Gasteiger partial charge in [0.05, 0.1) is 5.92 Å². The van der Waals surface area contributed by atoms with Crippen molar-refractivity contribution in [2.75, 3.05) is 5.32 Å². The normalized spacial score (nSPS) is 26.0. The number of nitrogens with zero attached hydrogens (tertiary/aromatic N) is 2. The van der Waals surface area contributed by atoms with Crippen LogP contribution in [0.5, 0.6) is 0 Å². The van der Waals surface area contributed by atoms with Crippen LogP contribution in [0.1, 0.15) is 25.7 Å². The molecule has 8 heteroatoms. The van der Waals surface area contributed by atoms with Gasteiger partial charge in [0.1, 0.15) is 11.3 Å². The van der Waals surface area contributed by atoms with Gasteiger partial charge in [-0.1, -0.05) is 18.2 Å². The molecule has 0 radical (unpaired) electrons. The van der Waals surface area contributed by atoms with Gasteiger partial charge >= 0.3 is 5.97 Å². The fraction of sp³-hybridized carbons (Fsp3) is 0.381. The fourth-order valence-electron chi connectivity index (χ4n) is 4.95. The highest BCUT2D eigenvalue weighted by molar-refractivity contribution is 6.28. The molecule has 29 heavy (non-hydrogen) atoms. The van der Waals surface area contributed by atoms with Crippen LogP contribution in [0.4, 0.5) is 10.2 Å². The Morgan fingerprint density at radius 3 is 2.62 bits per heavy atom. The molecule has 3 aliphatic carbocycles. The molecule has 3 aromatic rings. The van der Waals surface area contributed by atoms with Gasteiger partial charge in [-0.3, -0.25) is 4.79 Å². The Morgan fingerprint density at radius 2 is 1.90 bits per heavy atom. The number of carboxylic acid groups (broad SMARTS) is 1. The lowest BCUT2D eigenvalue weighted by Crippen LogP contribution is -2.51. The summed E-state index contributed by atoms with van der Waals surface area (Å²) in [7, 11) is 0. The molecule has 0 spiro atoms. The van der Waals surface area contributed by atoms with Crippen molar-refractivity contribution in [1.29, 1.82) is 0 Å². The van der Waals surface area contributed by atoms with Crippen molar-refractivity contribution in [3.63, 3.8) is 0 Å². The summed E-state index contributed by atoms with van der Waals surface area (Å²) in [5, 5.41) is 13.5. The molecular formula is C21H19ClFN3O3. The van der Waals surface area contributed by atoms with E-state index in [0.29, 0.717) is 5.58 Å². The molecule has 2 bridgehead atoms. The van der Waals surface area contributed by atoms with Crippen LogP contribution in [0.15, 0.2) is 34.7 Å². The minimum absolute atomic E-state index is 0.0449. The largest absolute Gasteiger partial charge is 0.481 e. The minimum Gasteiger partial charge on any atom is -0.481 e. The van der Waals surface area contributed by atoms with Gasteiger partial charge in [0.2, 0.25) is 5.28 Å². The zero-order chi connectivity index (χ0) is 20.1. The molecule has 0 aliphatic heterocycles. The summed E-state index contributed by atoms with van der Waals surface area (Å²) in [4.78, 5) is 19.9. The van der Waals surface area contributed by atoms with Crippen LogP contribution in [0.25, 0.3) is 22.4 Å². The Labute approximate surface area is 171 Å². The van der Waals surface area contributed by atoms with E-state index in [-0.39, 0.29) is 40.4 Å². The maximum absolute atomic E-state index is 15.3. The molecule has 3 fully saturated rings. The van der Waals surface area contributed by atoms with Crippen LogP contribution in [-0.2, 0) is 4.79 Å². The molecule has 2 aromatic heterocycles. The summed E-state index contributed by atoms with van der Waals surface area (Å²) >= 11 is 6.08. The molecule has 6 nitrogen and oxygen atoms in total. The van der Waals surface area contributed by atoms with Gasteiger partial charge in [-0.15, -0.1) is 0 Å². The van der Waals surface area contributed by atoms with Gasteiger partial charge < -0.3 is 14.8 Å². The minimum atomic E-state index is -0.852. The number of aromatic nitrogens is 2. The molecule has 150 valence electrons. The van der Waals surface area contributed by atoms with E-state index in [1.165, 1.54) is 0 Å². The van der Waals surface area contributed by atoms with Crippen LogP contribution >= 0.6 is 11.6 Å². The van der Waals surface area contributed by atoms with E-state index in [2.05, 4.69) is 15.3 Å². The average molecular weight is 416 g/mol. The van der Waals surface area contributed by atoms with E-state index in [1.54, 1.807) is 12.1 Å².